The second kappa shape index (κ2) is 5.49. The molecule has 0 saturated carbocycles. The van der Waals surface area contributed by atoms with E-state index in [1.807, 2.05) is 6.07 Å². The minimum Gasteiger partial charge on any atom is -0.478 e. The van der Waals surface area contributed by atoms with Crippen molar-refractivity contribution in [3.05, 3.63) is 59.0 Å². The molecule has 104 valence electrons. The minimum absolute atomic E-state index is 0.144. The quantitative estimate of drug-likeness (QED) is 0.780. The molecule has 0 saturated heterocycles. The molecule has 0 atom stereocenters. The van der Waals surface area contributed by atoms with Crippen molar-refractivity contribution in [3.63, 3.8) is 0 Å². The van der Waals surface area contributed by atoms with Gasteiger partial charge in [-0.3, -0.25) is 4.98 Å². The lowest BCUT2D eigenvalue weighted by molar-refractivity contribution is 0.0698. The molecule has 1 N–H and O–H groups in total. The number of fused-ring (bicyclic) bond motifs is 1. The van der Waals surface area contributed by atoms with E-state index in [1.165, 1.54) is 6.20 Å². The Morgan fingerprint density at radius 3 is 2.62 bits per heavy atom. The first-order valence-electron chi connectivity index (χ1n) is 6.04. The maximum absolute atomic E-state index is 11.2. The maximum Gasteiger partial charge on any atom is 0.337 e. The van der Waals surface area contributed by atoms with Crippen molar-refractivity contribution >= 4 is 32.7 Å². The molecular formula is C15H9BrN2O3. The van der Waals surface area contributed by atoms with Crippen molar-refractivity contribution in [2.45, 2.75) is 0 Å². The summed E-state index contributed by atoms with van der Waals surface area (Å²) in [7, 11) is 0. The van der Waals surface area contributed by atoms with Crippen LogP contribution in [0, 0.1) is 0 Å². The largest absolute Gasteiger partial charge is 0.478 e. The number of hydrogen-bond acceptors (Lipinski definition) is 4. The van der Waals surface area contributed by atoms with Gasteiger partial charge in [0.05, 0.1) is 11.8 Å². The lowest BCUT2D eigenvalue weighted by atomic mass is 10.1. The molecule has 2 aromatic heterocycles. The second-order valence-corrected chi connectivity index (χ2v) is 5.18. The Labute approximate surface area is 128 Å². The summed E-state index contributed by atoms with van der Waals surface area (Å²) < 4.78 is 6.49. The van der Waals surface area contributed by atoms with Crippen LogP contribution in [0.25, 0.3) is 10.8 Å². The summed E-state index contributed by atoms with van der Waals surface area (Å²) in [4.78, 5) is 19.4. The van der Waals surface area contributed by atoms with Crippen LogP contribution in [0.1, 0.15) is 10.4 Å². The number of carbonyl (C=O) groups is 1. The number of halogens is 1. The average molecular weight is 345 g/mol. The van der Waals surface area contributed by atoms with E-state index in [-0.39, 0.29) is 5.56 Å². The smallest absolute Gasteiger partial charge is 0.337 e. The summed E-state index contributed by atoms with van der Waals surface area (Å²) in [6, 6.07) is 8.84. The molecule has 0 radical (unpaired) electrons. The third-order valence-corrected chi connectivity index (χ3v) is 3.32. The molecule has 3 aromatic rings. The Bertz CT molecular complexity index is 836. The van der Waals surface area contributed by atoms with Gasteiger partial charge in [-0.05, 0) is 28.1 Å². The molecule has 0 spiro atoms. The van der Waals surface area contributed by atoms with Crippen LogP contribution in [0.15, 0.2) is 53.4 Å². The second-order valence-electron chi connectivity index (χ2n) is 4.27. The lowest BCUT2D eigenvalue weighted by Crippen LogP contribution is -2.00. The van der Waals surface area contributed by atoms with Crippen LogP contribution < -0.4 is 4.74 Å². The third-order valence-electron chi connectivity index (χ3n) is 2.88. The van der Waals surface area contributed by atoms with Crippen LogP contribution in [-0.4, -0.2) is 21.0 Å². The first kappa shape index (κ1) is 13.5. The molecule has 0 aliphatic heterocycles. The highest BCUT2D eigenvalue weighted by Gasteiger charge is 2.13. The van der Waals surface area contributed by atoms with E-state index in [4.69, 9.17) is 4.74 Å². The van der Waals surface area contributed by atoms with Gasteiger partial charge in [-0.2, -0.15) is 0 Å². The molecule has 0 amide bonds. The Balaban J connectivity index is 2.12. The zero-order valence-electron chi connectivity index (χ0n) is 10.7. The highest BCUT2D eigenvalue weighted by molar-refractivity contribution is 9.10. The fraction of sp³-hybridized carbons (Fsp3) is 0. The zero-order chi connectivity index (χ0) is 14.8. The molecule has 0 bridgehead atoms. The fourth-order valence-electron chi connectivity index (χ4n) is 1.98. The number of pyridine rings is 2. The summed E-state index contributed by atoms with van der Waals surface area (Å²) in [6.45, 7) is 0. The summed E-state index contributed by atoms with van der Waals surface area (Å²) in [5, 5.41) is 10.4. The van der Waals surface area contributed by atoms with Gasteiger partial charge in [-0.25, -0.2) is 9.78 Å². The summed E-state index contributed by atoms with van der Waals surface area (Å²) >= 11 is 3.32. The molecule has 6 heteroatoms. The van der Waals surface area contributed by atoms with Crippen molar-refractivity contribution in [3.8, 4) is 11.6 Å². The van der Waals surface area contributed by atoms with Crippen LogP contribution in [0.3, 0.4) is 0 Å². The molecule has 3 rings (SSSR count). The maximum atomic E-state index is 11.2. The van der Waals surface area contributed by atoms with Gasteiger partial charge < -0.3 is 9.84 Å². The van der Waals surface area contributed by atoms with Crippen molar-refractivity contribution in [2.75, 3.05) is 0 Å². The fourth-order valence-corrected chi connectivity index (χ4v) is 2.32. The molecule has 0 aliphatic carbocycles. The topological polar surface area (TPSA) is 72.3 Å². The number of nitrogens with zero attached hydrogens (tertiary/aromatic N) is 2. The van der Waals surface area contributed by atoms with Crippen LogP contribution in [0.2, 0.25) is 0 Å². The van der Waals surface area contributed by atoms with Crippen molar-refractivity contribution in [1.82, 2.24) is 9.97 Å². The lowest BCUT2D eigenvalue weighted by Gasteiger charge is -2.09. The molecule has 0 fully saturated rings. The highest BCUT2D eigenvalue weighted by Crippen LogP contribution is 2.30. The van der Waals surface area contributed by atoms with Crippen LogP contribution in [0.5, 0.6) is 11.6 Å². The number of carboxylic acids is 1. The van der Waals surface area contributed by atoms with Gasteiger partial charge in [0.25, 0.3) is 0 Å². The number of rotatable bonds is 3. The minimum atomic E-state index is -1.02. The average Bonchev–Trinajstić information content (AvgIpc) is 2.47. The molecule has 0 aliphatic rings. The van der Waals surface area contributed by atoms with E-state index >= 15 is 0 Å². The van der Waals surface area contributed by atoms with Gasteiger partial charge in [0.1, 0.15) is 5.75 Å². The predicted molar refractivity (Wildman–Crippen MR) is 80.7 cm³/mol. The van der Waals surface area contributed by atoms with Crippen molar-refractivity contribution < 1.29 is 14.6 Å². The number of benzene rings is 1. The zero-order valence-corrected chi connectivity index (χ0v) is 12.2. The first-order valence-corrected chi connectivity index (χ1v) is 6.84. The van der Waals surface area contributed by atoms with E-state index in [0.29, 0.717) is 22.4 Å². The molecular weight excluding hydrogens is 336 g/mol. The Morgan fingerprint density at radius 2 is 1.90 bits per heavy atom. The van der Waals surface area contributed by atoms with Gasteiger partial charge >= 0.3 is 5.97 Å². The Hall–Kier alpha value is -2.47. The van der Waals surface area contributed by atoms with Crippen LogP contribution in [-0.2, 0) is 0 Å². The van der Waals surface area contributed by atoms with Gasteiger partial charge in [-0.1, -0.05) is 18.2 Å². The number of carboxylic acid groups (broad SMARTS) is 1. The van der Waals surface area contributed by atoms with E-state index in [0.717, 1.165) is 4.47 Å². The van der Waals surface area contributed by atoms with Crippen LogP contribution in [0.4, 0.5) is 0 Å². The normalized spacial score (nSPS) is 10.5. The van der Waals surface area contributed by atoms with Gasteiger partial charge in [0.15, 0.2) is 0 Å². The molecule has 1 aromatic carbocycles. The highest BCUT2D eigenvalue weighted by atomic mass is 79.9. The van der Waals surface area contributed by atoms with E-state index < -0.39 is 5.97 Å². The molecule has 2 heterocycles. The standard InChI is InChI=1S/C15H9BrN2O3/c16-9-5-10(7-17-6-9)21-14-12-4-2-1-3-11(12)13(8-18-14)15(19)20/h1-8H,(H,19,20). The SMILES string of the molecule is O=C(O)c1cnc(Oc2cncc(Br)c2)c2ccccc12. The number of aromatic carboxylic acids is 1. The van der Waals surface area contributed by atoms with Gasteiger partial charge in [0.2, 0.25) is 5.88 Å². The molecule has 21 heavy (non-hydrogen) atoms. The number of hydrogen-bond donors (Lipinski definition) is 1. The predicted octanol–water partition coefficient (Wildman–Crippen LogP) is 3.88. The van der Waals surface area contributed by atoms with E-state index in [2.05, 4.69) is 25.9 Å². The summed E-state index contributed by atoms with van der Waals surface area (Å²) in [5.74, 6) is -0.157. The van der Waals surface area contributed by atoms with Gasteiger partial charge in [0, 0.05) is 27.6 Å². The summed E-state index contributed by atoms with van der Waals surface area (Å²) in [5.41, 5.74) is 0.144. The Kier molecular flexibility index (Phi) is 3.53. The number of aromatic nitrogens is 2. The van der Waals surface area contributed by atoms with Gasteiger partial charge in [-0.15, -0.1) is 0 Å². The monoisotopic (exact) mass is 344 g/mol. The van der Waals surface area contributed by atoms with Crippen molar-refractivity contribution in [2.24, 2.45) is 0 Å². The van der Waals surface area contributed by atoms with Crippen LogP contribution >= 0.6 is 15.9 Å². The van der Waals surface area contributed by atoms with Crippen molar-refractivity contribution in [1.29, 1.82) is 0 Å². The van der Waals surface area contributed by atoms with E-state index in [1.54, 1.807) is 36.7 Å². The summed E-state index contributed by atoms with van der Waals surface area (Å²) in [6.07, 6.45) is 4.50. The third kappa shape index (κ3) is 2.71. The Morgan fingerprint density at radius 1 is 1.14 bits per heavy atom. The molecule has 5 nitrogen and oxygen atoms in total. The first-order chi connectivity index (χ1) is 10.1. The number of ether oxygens (including phenoxy) is 1. The van der Waals surface area contributed by atoms with E-state index in [9.17, 15) is 9.90 Å². The molecule has 0 unspecified atom stereocenters.